The maximum Gasteiger partial charge on any atom is 0.145 e. The van der Waals surface area contributed by atoms with Crippen molar-refractivity contribution in [2.45, 2.75) is 6.82 Å². The van der Waals surface area contributed by atoms with Gasteiger partial charge in [0.25, 0.3) is 0 Å². The van der Waals surface area contributed by atoms with E-state index < -0.39 is 0 Å². The van der Waals surface area contributed by atoms with Crippen molar-refractivity contribution in [2.24, 2.45) is 0 Å². The third kappa shape index (κ3) is 6.99. The molecule has 38 valence electrons. The second-order valence-electron chi connectivity index (χ2n) is 1.19. The molecule has 0 aromatic carbocycles. The zero-order valence-corrected chi connectivity index (χ0v) is 6.86. The molecule has 0 bridgehead atoms. The fourth-order valence-corrected chi connectivity index (χ4v) is 1.80. The third-order valence-electron chi connectivity index (χ3n) is 0.628. The lowest BCUT2D eigenvalue weighted by molar-refractivity contribution is 2.20. The van der Waals surface area contributed by atoms with Crippen LogP contribution in [0.1, 0.15) is 0 Å². The maximum atomic E-state index is 2.35. The highest BCUT2D eigenvalue weighted by Crippen LogP contribution is 2.08. The first-order valence-corrected chi connectivity index (χ1v) is 5.28. The molecule has 0 aromatic rings. The lowest BCUT2D eigenvalue weighted by Crippen LogP contribution is -1.83. The molecule has 0 heterocycles. The fraction of sp³-hybridized carbons (Fsp3) is 1.00. The van der Waals surface area contributed by atoms with Gasteiger partial charge in [0.05, 0.1) is 0 Å². The minimum atomic E-state index is 1.03. The number of hydrogen-bond acceptors (Lipinski definition) is 0. The average molecular weight is 130 g/mol. The molecule has 0 aliphatic rings. The highest BCUT2D eigenvalue weighted by atomic mass is 31.1. The largest absolute Gasteiger partial charge is 0.171 e. The first kappa shape index (κ1) is 7.99. The number of hydrogen-bond donors (Lipinski definition) is 0. The zero-order valence-electron chi connectivity index (χ0n) is 4.86. The van der Waals surface area contributed by atoms with E-state index in [0.29, 0.717) is 0 Å². The van der Waals surface area contributed by atoms with E-state index in [4.69, 9.17) is 0 Å². The van der Waals surface area contributed by atoms with Crippen LogP contribution < -0.4 is 0 Å². The van der Waals surface area contributed by atoms with E-state index in [0.717, 1.165) is 16.9 Å². The predicted octanol–water partition coefficient (Wildman–Crippen LogP) is 1.22. The molecule has 0 amide bonds. The van der Waals surface area contributed by atoms with E-state index in [-0.39, 0.29) is 0 Å². The lowest BCUT2D eigenvalue weighted by Gasteiger charge is -1.88. The van der Waals surface area contributed by atoms with E-state index >= 15 is 0 Å². The molecule has 0 aromatic heterocycles. The van der Waals surface area contributed by atoms with Crippen LogP contribution >= 0.6 is 16.9 Å². The molecule has 0 N–H and O–H groups in total. The summed E-state index contributed by atoms with van der Waals surface area (Å²) in [5, 5.41) is 0. The summed E-state index contributed by atoms with van der Waals surface area (Å²) < 4.78 is 0. The van der Waals surface area contributed by atoms with Gasteiger partial charge in [-0.15, -0.1) is 0 Å². The van der Waals surface area contributed by atoms with Gasteiger partial charge in [0.1, 0.15) is 14.0 Å². The van der Waals surface area contributed by atoms with Gasteiger partial charge in [-0.05, 0) is 0 Å². The van der Waals surface area contributed by atoms with Gasteiger partial charge in [0.15, 0.2) is 0 Å². The van der Waals surface area contributed by atoms with Crippen molar-refractivity contribution in [1.82, 2.24) is 0 Å². The van der Waals surface area contributed by atoms with Gasteiger partial charge in [-0.1, -0.05) is 19.5 Å². The van der Waals surface area contributed by atoms with Crippen molar-refractivity contribution in [2.75, 3.05) is 12.7 Å². The van der Waals surface area contributed by atoms with Crippen LogP contribution in [0.3, 0.4) is 0 Å². The second-order valence-corrected chi connectivity index (χ2v) is 3.57. The SMILES string of the molecule is C[B]PC[B]PC. The Bertz CT molecular complexity index is 30.1. The summed E-state index contributed by atoms with van der Waals surface area (Å²) in [5.41, 5.74) is 0. The van der Waals surface area contributed by atoms with Crippen molar-refractivity contribution < 1.29 is 0 Å². The Morgan fingerprint density at radius 3 is 2.71 bits per heavy atom. The highest BCUT2D eigenvalue weighted by molar-refractivity contribution is 7.79. The second kappa shape index (κ2) is 6.99. The van der Waals surface area contributed by atoms with Crippen LogP contribution in [0.5, 0.6) is 0 Å². The van der Waals surface area contributed by atoms with E-state index in [9.17, 15) is 0 Å². The molecule has 0 fully saturated rings. The first-order valence-electron chi connectivity index (χ1n) is 2.42. The van der Waals surface area contributed by atoms with Crippen LogP contribution in [-0.2, 0) is 0 Å². The van der Waals surface area contributed by atoms with Crippen molar-refractivity contribution in [3.63, 3.8) is 0 Å². The minimum Gasteiger partial charge on any atom is -0.171 e. The van der Waals surface area contributed by atoms with Crippen LogP contribution in [0.2, 0.25) is 6.82 Å². The Hall–Kier alpha value is 0.990. The van der Waals surface area contributed by atoms with Gasteiger partial charge >= 0.3 is 0 Å². The molecule has 2 atom stereocenters. The monoisotopic (exact) mass is 130 g/mol. The summed E-state index contributed by atoms with van der Waals surface area (Å²) in [6, 6.07) is 1.30. The van der Waals surface area contributed by atoms with Crippen LogP contribution in [0.25, 0.3) is 0 Å². The molecule has 0 saturated carbocycles. The molecule has 4 heteroatoms. The Kier molecular flexibility index (Phi) is 7.98. The van der Waals surface area contributed by atoms with Crippen LogP contribution in [0, 0.1) is 0 Å². The molecule has 0 nitrogen and oxygen atoms in total. The molecule has 0 rings (SSSR count). The molecule has 0 aliphatic carbocycles. The van der Waals surface area contributed by atoms with Gasteiger partial charge in [-0.3, -0.25) is 0 Å². The van der Waals surface area contributed by atoms with E-state index in [2.05, 4.69) is 27.5 Å². The predicted molar refractivity (Wildman–Crippen MR) is 44.8 cm³/mol. The maximum absolute atomic E-state index is 2.35. The smallest absolute Gasteiger partial charge is 0.145 e. The molecule has 2 unspecified atom stereocenters. The van der Waals surface area contributed by atoms with E-state index in [1.54, 1.807) is 0 Å². The Labute approximate surface area is 51.2 Å². The average Bonchev–Trinajstić information content (AvgIpc) is 1.69. The van der Waals surface area contributed by atoms with Crippen molar-refractivity contribution >= 4 is 30.9 Å². The van der Waals surface area contributed by atoms with Crippen molar-refractivity contribution in [1.29, 1.82) is 0 Å². The molecule has 0 aliphatic heterocycles. The summed E-state index contributed by atoms with van der Waals surface area (Å²) in [4.78, 5) is 0. The summed E-state index contributed by atoms with van der Waals surface area (Å²) in [6.07, 6.45) is 0. The minimum absolute atomic E-state index is 1.03. The van der Waals surface area contributed by atoms with Crippen LogP contribution in [-0.4, -0.2) is 26.7 Å². The van der Waals surface area contributed by atoms with E-state index in [1.165, 1.54) is 6.06 Å². The van der Waals surface area contributed by atoms with Gasteiger partial charge in [0, 0.05) is 0 Å². The van der Waals surface area contributed by atoms with Crippen LogP contribution in [0.4, 0.5) is 0 Å². The van der Waals surface area contributed by atoms with Crippen molar-refractivity contribution in [3.8, 4) is 0 Å². The van der Waals surface area contributed by atoms with Gasteiger partial charge in [0.2, 0.25) is 0 Å². The zero-order chi connectivity index (χ0) is 5.54. The van der Waals surface area contributed by atoms with Gasteiger partial charge < -0.3 is 0 Å². The lowest BCUT2D eigenvalue weighted by atomic mass is 10.2. The highest BCUT2D eigenvalue weighted by Gasteiger charge is 1.83. The normalized spacial score (nSPS) is 11.7. The Morgan fingerprint density at radius 2 is 2.29 bits per heavy atom. The topological polar surface area (TPSA) is 0 Å². The number of rotatable bonds is 4. The van der Waals surface area contributed by atoms with Gasteiger partial charge in [-0.25, -0.2) is 0 Å². The standard InChI is InChI=1S/C3H10B2P2/c1-4-7-3-5-6-2/h6-7H,3H2,1-2H3. The van der Waals surface area contributed by atoms with Crippen LogP contribution in [0.15, 0.2) is 0 Å². The fourth-order valence-electron chi connectivity index (χ4n) is 0.279. The molecular formula is C3H10B2P2. The quantitative estimate of drug-likeness (QED) is 0.304. The molecule has 0 spiro atoms. The first-order chi connectivity index (χ1) is 3.41. The molecule has 7 heavy (non-hydrogen) atoms. The van der Waals surface area contributed by atoms with Gasteiger partial charge in [-0.2, -0.15) is 16.9 Å². The van der Waals surface area contributed by atoms with E-state index in [1.807, 2.05) is 0 Å². The summed E-state index contributed by atoms with van der Waals surface area (Å²) in [7, 11) is 2.08. The Balaban J connectivity index is 2.45. The summed E-state index contributed by atoms with van der Waals surface area (Å²) >= 11 is 0. The molecule has 2 radical (unpaired) electrons. The van der Waals surface area contributed by atoms with Crippen molar-refractivity contribution in [3.05, 3.63) is 0 Å². The summed E-state index contributed by atoms with van der Waals surface area (Å²) in [6.45, 7) is 8.90. The summed E-state index contributed by atoms with van der Waals surface area (Å²) in [5.74, 6) is 0. The molecule has 0 saturated heterocycles. The third-order valence-corrected chi connectivity index (χ3v) is 2.50. The molecular weight excluding hydrogens is 120 g/mol. The Morgan fingerprint density at radius 1 is 1.57 bits per heavy atom.